The van der Waals surface area contributed by atoms with Gasteiger partial charge in [0.15, 0.2) is 0 Å². The van der Waals surface area contributed by atoms with Crippen LogP contribution in [0.2, 0.25) is 0 Å². The van der Waals surface area contributed by atoms with Crippen LogP contribution < -0.4 is 5.32 Å². The maximum absolute atomic E-state index is 6.43. The molecule has 0 spiro atoms. The Labute approximate surface area is 112 Å². The Morgan fingerprint density at radius 1 is 1.22 bits per heavy atom. The van der Waals surface area contributed by atoms with E-state index in [1.165, 1.54) is 11.1 Å². The molecular weight excluding hydrogens is 244 g/mol. The molecule has 0 saturated heterocycles. The van der Waals surface area contributed by atoms with Gasteiger partial charge in [-0.25, -0.2) is 4.98 Å². The molecular formula is C15H15ClN2. The summed E-state index contributed by atoms with van der Waals surface area (Å²) in [5.41, 5.74) is 3.79. The maximum atomic E-state index is 6.43. The zero-order valence-corrected chi connectivity index (χ0v) is 11.0. The Hall–Kier alpha value is -1.54. The van der Waals surface area contributed by atoms with Crippen LogP contribution in [0.1, 0.15) is 22.7 Å². The molecule has 0 fully saturated rings. The number of alkyl halides is 1. The van der Waals surface area contributed by atoms with Crippen molar-refractivity contribution in [2.75, 3.05) is 5.32 Å². The molecule has 18 heavy (non-hydrogen) atoms. The minimum absolute atomic E-state index is 0.0884. The van der Waals surface area contributed by atoms with Gasteiger partial charge in [-0.1, -0.05) is 30.3 Å². The first-order valence-corrected chi connectivity index (χ1v) is 6.59. The summed E-state index contributed by atoms with van der Waals surface area (Å²) in [5, 5.41) is 3.52. The highest BCUT2D eigenvalue weighted by molar-refractivity contribution is 6.21. The smallest absolute Gasteiger partial charge is 0.126 e. The minimum atomic E-state index is 0.0884. The minimum Gasteiger partial charge on any atom is -0.362 e. The molecule has 0 bridgehead atoms. The molecule has 0 aliphatic heterocycles. The van der Waals surface area contributed by atoms with Crippen LogP contribution in [-0.2, 0) is 6.42 Å². The molecule has 3 heteroatoms. The van der Waals surface area contributed by atoms with Gasteiger partial charge in [-0.15, -0.1) is 11.6 Å². The van der Waals surface area contributed by atoms with E-state index >= 15 is 0 Å². The zero-order valence-electron chi connectivity index (χ0n) is 10.2. The van der Waals surface area contributed by atoms with E-state index in [2.05, 4.69) is 40.6 Å². The van der Waals surface area contributed by atoms with Gasteiger partial charge in [0.25, 0.3) is 0 Å². The molecule has 92 valence electrons. The van der Waals surface area contributed by atoms with Crippen LogP contribution >= 0.6 is 11.6 Å². The van der Waals surface area contributed by atoms with Crippen molar-refractivity contribution in [2.24, 2.45) is 0 Å². The fourth-order valence-electron chi connectivity index (χ4n) is 2.43. The van der Waals surface area contributed by atoms with Crippen LogP contribution in [0, 0.1) is 6.92 Å². The Morgan fingerprint density at radius 2 is 2.06 bits per heavy atom. The number of fused-ring (bicyclic) bond motifs is 1. The van der Waals surface area contributed by atoms with Gasteiger partial charge in [-0.05, 0) is 36.1 Å². The van der Waals surface area contributed by atoms with Crippen molar-refractivity contribution in [3.05, 3.63) is 59.3 Å². The van der Waals surface area contributed by atoms with Gasteiger partial charge in [0.05, 0.1) is 11.4 Å². The molecule has 0 saturated carbocycles. The van der Waals surface area contributed by atoms with Gasteiger partial charge in [-0.2, -0.15) is 0 Å². The van der Waals surface area contributed by atoms with Crippen LogP contribution in [0.15, 0.2) is 42.6 Å². The third kappa shape index (κ3) is 2.08. The number of nitrogens with one attached hydrogen (secondary N) is 1. The number of halogens is 1. The molecule has 3 rings (SSSR count). The Morgan fingerprint density at radius 3 is 2.83 bits per heavy atom. The molecule has 2 unspecified atom stereocenters. The van der Waals surface area contributed by atoms with E-state index in [0.29, 0.717) is 0 Å². The number of hydrogen-bond donors (Lipinski definition) is 1. The highest BCUT2D eigenvalue weighted by atomic mass is 35.5. The van der Waals surface area contributed by atoms with Crippen LogP contribution in [-0.4, -0.2) is 10.4 Å². The predicted molar refractivity (Wildman–Crippen MR) is 75.1 cm³/mol. The lowest BCUT2D eigenvalue weighted by molar-refractivity contribution is 0.767. The summed E-state index contributed by atoms with van der Waals surface area (Å²) in [6.45, 7) is 2.03. The first kappa shape index (κ1) is 11.5. The third-order valence-corrected chi connectivity index (χ3v) is 3.79. The zero-order chi connectivity index (χ0) is 12.5. The molecule has 1 aromatic heterocycles. The highest BCUT2D eigenvalue weighted by Crippen LogP contribution is 2.36. The maximum Gasteiger partial charge on any atom is 0.126 e. The number of benzene rings is 1. The molecule has 1 aliphatic rings. The molecule has 1 aromatic carbocycles. The average molecular weight is 259 g/mol. The second-order valence-corrected chi connectivity index (χ2v) is 5.32. The second-order valence-electron chi connectivity index (χ2n) is 4.76. The summed E-state index contributed by atoms with van der Waals surface area (Å²) in [6, 6.07) is 12.6. The van der Waals surface area contributed by atoms with Crippen molar-refractivity contribution < 1.29 is 0 Å². The summed E-state index contributed by atoms with van der Waals surface area (Å²) < 4.78 is 0. The van der Waals surface area contributed by atoms with Crippen molar-refractivity contribution in [1.29, 1.82) is 0 Å². The number of hydrogen-bond acceptors (Lipinski definition) is 2. The number of nitrogens with zero attached hydrogens (tertiary/aromatic N) is 1. The van der Waals surface area contributed by atoms with E-state index in [0.717, 1.165) is 17.8 Å². The Balaban J connectivity index is 1.87. The van der Waals surface area contributed by atoms with Crippen molar-refractivity contribution in [3.63, 3.8) is 0 Å². The van der Waals surface area contributed by atoms with Crippen molar-refractivity contribution >= 4 is 17.4 Å². The van der Waals surface area contributed by atoms with Gasteiger partial charge in [0, 0.05) is 6.20 Å². The predicted octanol–water partition coefficient (Wildman–Crippen LogP) is 3.71. The van der Waals surface area contributed by atoms with E-state index in [1.807, 2.05) is 19.2 Å². The van der Waals surface area contributed by atoms with E-state index in [-0.39, 0.29) is 11.4 Å². The van der Waals surface area contributed by atoms with Crippen LogP contribution in [0.4, 0.5) is 5.82 Å². The van der Waals surface area contributed by atoms with Gasteiger partial charge >= 0.3 is 0 Å². The van der Waals surface area contributed by atoms with Crippen LogP contribution in [0.3, 0.4) is 0 Å². The topological polar surface area (TPSA) is 24.9 Å². The lowest BCUT2D eigenvalue weighted by Gasteiger charge is -2.18. The molecule has 2 nitrogen and oxygen atoms in total. The van der Waals surface area contributed by atoms with E-state index in [4.69, 9.17) is 11.6 Å². The third-order valence-electron chi connectivity index (χ3n) is 3.38. The van der Waals surface area contributed by atoms with Crippen molar-refractivity contribution in [3.8, 4) is 0 Å². The second kappa shape index (κ2) is 4.62. The van der Waals surface area contributed by atoms with Gasteiger partial charge in [0.2, 0.25) is 0 Å². The van der Waals surface area contributed by atoms with Crippen LogP contribution in [0.25, 0.3) is 0 Å². The largest absolute Gasteiger partial charge is 0.362 e. The molecule has 2 aromatic rings. The number of aromatic nitrogens is 1. The molecule has 0 radical (unpaired) electrons. The number of aryl methyl sites for hydroxylation is 1. The standard InChI is InChI=1S/C15H15ClN2/c1-10-6-7-14(17-9-10)18-15-12-5-3-2-4-11(12)8-13(15)16/h2-7,9,13,15H,8H2,1H3,(H,17,18). The van der Waals surface area contributed by atoms with E-state index in [9.17, 15) is 0 Å². The Kier molecular flexibility index (Phi) is 2.96. The number of anilines is 1. The summed E-state index contributed by atoms with van der Waals surface area (Å²) in [5.74, 6) is 0.882. The fraction of sp³-hybridized carbons (Fsp3) is 0.267. The first-order chi connectivity index (χ1) is 8.74. The molecule has 0 amide bonds. The molecule has 1 aliphatic carbocycles. The SMILES string of the molecule is Cc1ccc(NC2c3ccccc3CC2Cl)nc1. The monoisotopic (exact) mass is 258 g/mol. The van der Waals surface area contributed by atoms with Gasteiger partial charge in [0.1, 0.15) is 5.82 Å². The summed E-state index contributed by atoms with van der Waals surface area (Å²) in [4.78, 5) is 4.38. The molecule has 2 atom stereocenters. The molecule has 1 N–H and O–H groups in total. The summed E-state index contributed by atoms with van der Waals surface area (Å²) in [7, 11) is 0. The van der Waals surface area contributed by atoms with Crippen molar-refractivity contribution in [2.45, 2.75) is 24.8 Å². The number of rotatable bonds is 2. The first-order valence-electron chi connectivity index (χ1n) is 6.15. The normalized spacial score (nSPS) is 21.7. The lowest BCUT2D eigenvalue weighted by atomic mass is 10.1. The van der Waals surface area contributed by atoms with Gasteiger partial charge in [-0.3, -0.25) is 0 Å². The fourth-order valence-corrected chi connectivity index (χ4v) is 2.79. The highest BCUT2D eigenvalue weighted by Gasteiger charge is 2.30. The summed E-state index contributed by atoms with van der Waals surface area (Å²) in [6.07, 6.45) is 2.79. The Bertz CT molecular complexity index is 551. The lowest BCUT2D eigenvalue weighted by Crippen LogP contribution is -2.17. The van der Waals surface area contributed by atoms with Crippen molar-refractivity contribution in [1.82, 2.24) is 4.98 Å². The molecule has 1 heterocycles. The van der Waals surface area contributed by atoms with Gasteiger partial charge < -0.3 is 5.32 Å². The quantitative estimate of drug-likeness (QED) is 0.831. The van der Waals surface area contributed by atoms with E-state index < -0.39 is 0 Å². The van der Waals surface area contributed by atoms with E-state index in [1.54, 1.807) is 0 Å². The average Bonchev–Trinajstić information content (AvgIpc) is 2.69. The number of pyridine rings is 1. The summed E-state index contributed by atoms with van der Waals surface area (Å²) >= 11 is 6.43. The van der Waals surface area contributed by atoms with Crippen LogP contribution in [0.5, 0.6) is 0 Å².